The Bertz CT molecular complexity index is 784. The Balaban J connectivity index is 1.74. The van der Waals surface area contributed by atoms with E-state index >= 15 is 0 Å². The third kappa shape index (κ3) is 3.48. The molecule has 0 bridgehead atoms. The highest BCUT2D eigenvalue weighted by Crippen LogP contribution is 2.36. The van der Waals surface area contributed by atoms with E-state index in [1.165, 1.54) is 0 Å². The van der Waals surface area contributed by atoms with Gasteiger partial charge in [-0.3, -0.25) is 0 Å². The van der Waals surface area contributed by atoms with Crippen molar-refractivity contribution >= 4 is 21.6 Å². The molecule has 116 valence electrons. The Morgan fingerprint density at radius 2 is 1.91 bits per heavy atom. The predicted octanol–water partition coefficient (Wildman–Crippen LogP) is 5.02. The second kappa shape index (κ2) is 6.60. The first kappa shape index (κ1) is 15.8. The Labute approximate surface area is 145 Å². The van der Waals surface area contributed by atoms with Crippen molar-refractivity contribution in [3.63, 3.8) is 0 Å². The van der Waals surface area contributed by atoms with Crippen LogP contribution in [-0.2, 0) is 4.84 Å². The molecule has 1 unspecified atom stereocenters. The molecule has 0 saturated carbocycles. The summed E-state index contributed by atoms with van der Waals surface area (Å²) in [6.07, 6.45) is 0.621. The Kier molecular flexibility index (Phi) is 4.54. The van der Waals surface area contributed by atoms with Crippen molar-refractivity contribution in [3.8, 4) is 11.8 Å². The van der Waals surface area contributed by atoms with E-state index in [9.17, 15) is 0 Å². The molecule has 1 atom stereocenters. The first-order valence-corrected chi connectivity index (χ1v) is 8.41. The Hall–Kier alpha value is -2.05. The van der Waals surface area contributed by atoms with Crippen LogP contribution in [0.1, 0.15) is 31.4 Å². The highest BCUT2D eigenvalue weighted by molar-refractivity contribution is 9.10. The largest absolute Gasteiger partial charge is 0.390 e. The fraction of sp³-hybridized carbons (Fsp3) is 0.250. The van der Waals surface area contributed by atoms with Gasteiger partial charge in [-0.2, -0.15) is 0 Å². The number of hydrogen-bond acceptors (Lipinski definition) is 2. The monoisotopic (exact) mass is 367 g/mol. The van der Waals surface area contributed by atoms with E-state index in [-0.39, 0.29) is 11.5 Å². The standard InChI is InChI=1S/C20H18BrNO/c1-20(2)18(13-6-10-15-8-4-3-5-9-15)23-22-19(20)16-11-7-12-17(21)14-16/h3-5,7-9,11-12,14,18H,13H2,1-2H3. The Morgan fingerprint density at radius 1 is 1.13 bits per heavy atom. The lowest BCUT2D eigenvalue weighted by Gasteiger charge is -2.24. The van der Waals surface area contributed by atoms with Crippen LogP contribution in [0, 0.1) is 17.3 Å². The molecule has 0 saturated heterocycles. The zero-order valence-electron chi connectivity index (χ0n) is 13.2. The van der Waals surface area contributed by atoms with E-state index in [0.29, 0.717) is 6.42 Å². The average Bonchev–Trinajstić information content (AvgIpc) is 2.83. The molecule has 0 radical (unpaired) electrons. The molecule has 0 aromatic heterocycles. The van der Waals surface area contributed by atoms with E-state index in [4.69, 9.17) is 4.84 Å². The van der Waals surface area contributed by atoms with E-state index < -0.39 is 0 Å². The van der Waals surface area contributed by atoms with Crippen LogP contribution in [0.2, 0.25) is 0 Å². The van der Waals surface area contributed by atoms with Gasteiger partial charge in [-0.1, -0.05) is 77.1 Å². The fourth-order valence-electron chi connectivity index (χ4n) is 2.64. The summed E-state index contributed by atoms with van der Waals surface area (Å²) in [4.78, 5) is 5.68. The molecule has 1 heterocycles. The lowest BCUT2D eigenvalue weighted by Crippen LogP contribution is -2.33. The second-order valence-electron chi connectivity index (χ2n) is 6.14. The molecular formula is C20H18BrNO. The summed E-state index contributed by atoms with van der Waals surface area (Å²) in [5, 5.41) is 4.33. The number of hydrogen-bond donors (Lipinski definition) is 0. The molecule has 0 amide bonds. The topological polar surface area (TPSA) is 21.6 Å². The molecule has 2 aromatic rings. The molecular weight excluding hydrogens is 350 g/mol. The van der Waals surface area contributed by atoms with Crippen LogP contribution in [0.4, 0.5) is 0 Å². The summed E-state index contributed by atoms with van der Waals surface area (Å²) in [7, 11) is 0. The maximum absolute atomic E-state index is 5.68. The quantitative estimate of drug-likeness (QED) is 0.682. The maximum atomic E-state index is 5.68. The zero-order chi connectivity index (χ0) is 16.3. The molecule has 0 spiro atoms. The SMILES string of the molecule is CC1(C)C(c2cccc(Br)c2)=NOC1CC#Cc1ccccc1. The molecule has 1 aliphatic heterocycles. The van der Waals surface area contributed by atoms with Crippen LogP contribution in [-0.4, -0.2) is 11.8 Å². The van der Waals surface area contributed by atoms with E-state index in [2.05, 4.69) is 58.9 Å². The zero-order valence-corrected chi connectivity index (χ0v) is 14.8. The molecule has 23 heavy (non-hydrogen) atoms. The van der Waals surface area contributed by atoms with Gasteiger partial charge in [0, 0.05) is 15.6 Å². The summed E-state index contributed by atoms with van der Waals surface area (Å²) in [6, 6.07) is 18.2. The minimum Gasteiger partial charge on any atom is -0.390 e. The lowest BCUT2D eigenvalue weighted by molar-refractivity contribution is 0.0407. The predicted molar refractivity (Wildman–Crippen MR) is 97.3 cm³/mol. The van der Waals surface area contributed by atoms with Crippen molar-refractivity contribution in [3.05, 3.63) is 70.2 Å². The van der Waals surface area contributed by atoms with Gasteiger partial charge in [-0.15, -0.1) is 0 Å². The number of halogens is 1. The third-order valence-corrected chi connectivity index (χ3v) is 4.57. The van der Waals surface area contributed by atoms with Crippen LogP contribution in [0.15, 0.2) is 64.2 Å². The van der Waals surface area contributed by atoms with Gasteiger partial charge in [0.25, 0.3) is 0 Å². The number of nitrogens with zero attached hydrogens (tertiary/aromatic N) is 1. The lowest BCUT2D eigenvalue weighted by atomic mass is 9.78. The van der Waals surface area contributed by atoms with Crippen LogP contribution in [0.25, 0.3) is 0 Å². The minimum atomic E-state index is -0.174. The summed E-state index contributed by atoms with van der Waals surface area (Å²) >= 11 is 3.51. The van der Waals surface area contributed by atoms with Crippen LogP contribution >= 0.6 is 15.9 Å². The first-order chi connectivity index (χ1) is 11.1. The van der Waals surface area contributed by atoms with Crippen molar-refractivity contribution in [2.75, 3.05) is 0 Å². The summed E-state index contributed by atoms with van der Waals surface area (Å²) in [6.45, 7) is 4.32. The molecule has 2 aromatic carbocycles. The van der Waals surface area contributed by atoms with Gasteiger partial charge in [0.1, 0.15) is 6.10 Å². The van der Waals surface area contributed by atoms with E-state index in [0.717, 1.165) is 21.3 Å². The summed E-state index contributed by atoms with van der Waals surface area (Å²) in [5.74, 6) is 6.41. The number of oxime groups is 1. The molecule has 3 rings (SSSR count). The van der Waals surface area contributed by atoms with Crippen molar-refractivity contribution in [1.29, 1.82) is 0 Å². The van der Waals surface area contributed by atoms with Gasteiger partial charge < -0.3 is 4.84 Å². The first-order valence-electron chi connectivity index (χ1n) is 7.61. The molecule has 2 nitrogen and oxygen atoms in total. The fourth-order valence-corrected chi connectivity index (χ4v) is 3.04. The van der Waals surface area contributed by atoms with Gasteiger partial charge in [-0.05, 0) is 24.3 Å². The van der Waals surface area contributed by atoms with Crippen LogP contribution in [0.5, 0.6) is 0 Å². The average molecular weight is 368 g/mol. The summed E-state index contributed by atoms with van der Waals surface area (Å²) in [5.41, 5.74) is 2.91. The van der Waals surface area contributed by atoms with Crippen molar-refractivity contribution < 1.29 is 4.84 Å². The normalized spacial score (nSPS) is 18.6. The minimum absolute atomic E-state index is 0.0345. The van der Waals surface area contributed by atoms with E-state index in [1.807, 2.05) is 42.5 Å². The third-order valence-electron chi connectivity index (χ3n) is 4.08. The maximum Gasteiger partial charge on any atom is 0.149 e. The Morgan fingerprint density at radius 3 is 2.65 bits per heavy atom. The molecule has 1 aliphatic rings. The highest BCUT2D eigenvalue weighted by atomic mass is 79.9. The van der Waals surface area contributed by atoms with Gasteiger partial charge in [0.2, 0.25) is 0 Å². The van der Waals surface area contributed by atoms with Crippen molar-refractivity contribution in [2.45, 2.75) is 26.4 Å². The number of rotatable bonds is 2. The molecule has 3 heteroatoms. The van der Waals surface area contributed by atoms with Gasteiger partial charge in [0.15, 0.2) is 0 Å². The van der Waals surface area contributed by atoms with Crippen LogP contribution < -0.4 is 0 Å². The van der Waals surface area contributed by atoms with Gasteiger partial charge in [-0.25, -0.2) is 0 Å². The van der Waals surface area contributed by atoms with Crippen molar-refractivity contribution in [2.24, 2.45) is 10.6 Å². The molecule has 0 fully saturated rings. The molecule has 0 N–H and O–H groups in total. The van der Waals surface area contributed by atoms with Gasteiger partial charge >= 0.3 is 0 Å². The van der Waals surface area contributed by atoms with E-state index in [1.54, 1.807) is 0 Å². The highest BCUT2D eigenvalue weighted by Gasteiger charge is 2.42. The molecule has 0 aliphatic carbocycles. The second-order valence-corrected chi connectivity index (χ2v) is 7.05. The van der Waals surface area contributed by atoms with Crippen LogP contribution in [0.3, 0.4) is 0 Å². The van der Waals surface area contributed by atoms with Crippen molar-refractivity contribution in [1.82, 2.24) is 0 Å². The smallest absolute Gasteiger partial charge is 0.149 e. The summed E-state index contributed by atoms with van der Waals surface area (Å²) < 4.78 is 1.04. The number of benzene rings is 2. The van der Waals surface area contributed by atoms with Gasteiger partial charge in [0.05, 0.1) is 17.5 Å².